The third kappa shape index (κ3) is 2.27. The van der Waals surface area contributed by atoms with E-state index in [-0.39, 0.29) is 0 Å². The molecule has 4 nitrogen and oxygen atoms in total. The molecule has 0 aromatic carbocycles. The summed E-state index contributed by atoms with van der Waals surface area (Å²) in [5, 5.41) is 7.67. The summed E-state index contributed by atoms with van der Waals surface area (Å²) >= 11 is 0. The minimum absolute atomic E-state index is 0.418. The predicted octanol–water partition coefficient (Wildman–Crippen LogP) is 3.06. The molecule has 86 valence electrons. The Labute approximate surface area is 95.3 Å². The van der Waals surface area contributed by atoms with Crippen LogP contribution in [-0.4, -0.2) is 9.78 Å². The molecule has 0 bridgehead atoms. The quantitative estimate of drug-likeness (QED) is 0.840. The van der Waals surface area contributed by atoms with Gasteiger partial charge in [0.2, 0.25) is 0 Å². The van der Waals surface area contributed by atoms with Gasteiger partial charge in [0.25, 0.3) is 0 Å². The molecule has 0 aliphatic heterocycles. The topological polar surface area (TPSA) is 43.0 Å². The zero-order valence-electron chi connectivity index (χ0n) is 9.68. The van der Waals surface area contributed by atoms with E-state index in [1.54, 1.807) is 12.5 Å². The van der Waals surface area contributed by atoms with E-state index in [4.69, 9.17) is 4.42 Å². The van der Waals surface area contributed by atoms with Crippen LogP contribution >= 0.6 is 0 Å². The highest BCUT2D eigenvalue weighted by atomic mass is 16.3. The second-order valence-corrected chi connectivity index (χ2v) is 3.90. The van der Waals surface area contributed by atoms with E-state index in [0.717, 1.165) is 24.3 Å². The van der Waals surface area contributed by atoms with Crippen molar-refractivity contribution in [2.24, 2.45) is 0 Å². The first-order valence-electron chi connectivity index (χ1n) is 5.59. The second-order valence-electron chi connectivity index (χ2n) is 3.90. The smallest absolute Gasteiger partial charge is 0.124 e. The van der Waals surface area contributed by atoms with Crippen LogP contribution in [-0.2, 0) is 6.54 Å². The minimum Gasteiger partial charge on any atom is -0.472 e. The van der Waals surface area contributed by atoms with E-state index < -0.39 is 0 Å². The first-order valence-corrected chi connectivity index (χ1v) is 5.59. The van der Waals surface area contributed by atoms with Gasteiger partial charge in [0, 0.05) is 18.2 Å². The molecule has 4 heteroatoms. The lowest BCUT2D eigenvalue weighted by Crippen LogP contribution is -2.11. The van der Waals surface area contributed by atoms with Crippen molar-refractivity contribution < 1.29 is 4.42 Å². The first kappa shape index (κ1) is 10.8. The van der Waals surface area contributed by atoms with E-state index in [2.05, 4.69) is 24.3 Å². The molecule has 2 aromatic heterocycles. The number of aromatic nitrogens is 2. The molecule has 0 saturated heterocycles. The van der Waals surface area contributed by atoms with E-state index >= 15 is 0 Å². The summed E-state index contributed by atoms with van der Waals surface area (Å²) in [5.74, 6) is 1.05. The van der Waals surface area contributed by atoms with Gasteiger partial charge in [0.15, 0.2) is 0 Å². The van der Waals surface area contributed by atoms with Gasteiger partial charge in [0.05, 0.1) is 24.8 Å². The number of hydrogen-bond donors (Lipinski definition) is 1. The fourth-order valence-corrected chi connectivity index (χ4v) is 1.56. The van der Waals surface area contributed by atoms with Crippen molar-refractivity contribution in [3.05, 3.63) is 36.4 Å². The average Bonchev–Trinajstić information content (AvgIpc) is 2.96. The Hall–Kier alpha value is -1.71. The fraction of sp³-hybridized carbons (Fsp3) is 0.417. The Bertz CT molecular complexity index is 419. The molecule has 1 N–H and O–H groups in total. The molecule has 0 fully saturated rings. The minimum atomic E-state index is 0.418. The summed E-state index contributed by atoms with van der Waals surface area (Å²) in [6, 6.07) is 4.37. The van der Waals surface area contributed by atoms with E-state index in [0.29, 0.717) is 6.04 Å². The molecular weight excluding hydrogens is 202 g/mol. The Kier molecular flexibility index (Phi) is 3.29. The molecule has 0 spiro atoms. The summed E-state index contributed by atoms with van der Waals surface area (Å²) in [6.07, 6.45) is 6.33. The highest BCUT2D eigenvalue weighted by Gasteiger charge is 2.07. The molecule has 1 unspecified atom stereocenters. The zero-order chi connectivity index (χ0) is 11.4. The Balaban J connectivity index is 2.01. The van der Waals surface area contributed by atoms with Crippen molar-refractivity contribution in [2.75, 3.05) is 5.32 Å². The lowest BCUT2D eigenvalue weighted by Gasteiger charge is -2.14. The molecule has 0 aliphatic rings. The second kappa shape index (κ2) is 4.88. The van der Waals surface area contributed by atoms with Gasteiger partial charge in [-0.3, -0.25) is 0 Å². The van der Waals surface area contributed by atoms with Crippen molar-refractivity contribution in [2.45, 2.75) is 32.9 Å². The molecule has 2 heterocycles. The van der Waals surface area contributed by atoms with Crippen LogP contribution in [0.5, 0.6) is 0 Å². The summed E-state index contributed by atoms with van der Waals surface area (Å²) in [7, 11) is 0. The van der Waals surface area contributed by atoms with Gasteiger partial charge < -0.3 is 9.73 Å². The van der Waals surface area contributed by atoms with Gasteiger partial charge in [-0.1, -0.05) is 6.92 Å². The normalized spacial score (nSPS) is 12.6. The Morgan fingerprint density at radius 2 is 2.38 bits per heavy atom. The molecule has 0 radical (unpaired) electrons. The van der Waals surface area contributed by atoms with Crippen LogP contribution < -0.4 is 5.32 Å². The molecule has 2 rings (SSSR count). The first-order chi connectivity index (χ1) is 7.81. The number of furan rings is 1. The van der Waals surface area contributed by atoms with Crippen LogP contribution in [0.2, 0.25) is 0 Å². The summed E-state index contributed by atoms with van der Waals surface area (Å²) < 4.78 is 7.03. The Morgan fingerprint density at radius 3 is 3.06 bits per heavy atom. The molecule has 16 heavy (non-hydrogen) atoms. The number of rotatable bonds is 5. The molecule has 1 atom stereocenters. The van der Waals surface area contributed by atoms with Crippen molar-refractivity contribution in [3.63, 3.8) is 0 Å². The molecular formula is C12H17N3O. The largest absolute Gasteiger partial charge is 0.472 e. The van der Waals surface area contributed by atoms with Gasteiger partial charge in [0.1, 0.15) is 5.82 Å². The third-order valence-electron chi connectivity index (χ3n) is 2.73. The van der Waals surface area contributed by atoms with Crippen molar-refractivity contribution in [1.29, 1.82) is 0 Å². The summed E-state index contributed by atoms with van der Waals surface area (Å²) in [5.41, 5.74) is 1.14. The summed E-state index contributed by atoms with van der Waals surface area (Å²) in [4.78, 5) is 0. The van der Waals surface area contributed by atoms with Gasteiger partial charge in [-0.15, -0.1) is 0 Å². The van der Waals surface area contributed by atoms with Gasteiger partial charge in [-0.2, -0.15) is 5.10 Å². The van der Waals surface area contributed by atoms with Crippen LogP contribution in [0.3, 0.4) is 0 Å². The Morgan fingerprint density at radius 1 is 1.50 bits per heavy atom. The van der Waals surface area contributed by atoms with Crippen molar-refractivity contribution >= 4 is 5.82 Å². The number of nitrogens with one attached hydrogen (secondary N) is 1. The maximum absolute atomic E-state index is 5.02. The maximum atomic E-state index is 5.02. The van der Waals surface area contributed by atoms with Crippen molar-refractivity contribution in [1.82, 2.24) is 9.78 Å². The highest BCUT2D eigenvalue weighted by Crippen LogP contribution is 2.17. The summed E-state index contributed by atoms with van der Waals surface area (Å²) in [6.45, 7) is 5.08. The van der Waals surface area contributed by atoms with E-state index in [9.17, 15) is 0 Å². The fourth-order valence-electron chi connectivity index (χ4n) is 1.56. The lowest BCUT2D eigenvalue weighted by atomic mass is 10.3. The van der Waals surface area contributed by atoms with Crippen LogP contribution in [0.1, 0.15) is 31.9 Å². The monoisotopic (exact) mass is 219 g/mol. The van der Waals surface area contributed by atoms with Crippen LogP contribution in [0.25, 0.3) is 0 Å². The van der Waals surface area contributed by atoms with Gasteiger partial charge in [-0.05, 0) is 19.4 Å². The van der Waals surface area contributed by atoms with Crippen LogP contribution in [0.15, 0.2) is 35.3 Å². The molecule has 0 aliphatic carbocycles. The van der Waals surface area contributed by atoms with Crippen molar-refractivity contribution in [3.8, 4) is 0 Å². The molecule has 0 saturated carbocycles. The van der Waals surface area contributed by atoms with E-state index in [1.165, 1.54) is 0 Å². The number of hydrogen-bond acceptors (Lipinski definition) is 3. The van der Waals surface area contributed by atoms with Crippen LogP contribution in [0, 0.1) is 0 Å². The third-order valence-corrected chi connectivity index (χ3v) is 2.73. The predicted molar refractivity (Wildman–Crippen MR) is 63.3 cm³/mol. The molecule has 0 amide bonds. The van der Waals surface area contributed by atoms with E-state index in [1.807, 2.05) is 23.0 Å². The number of anilines is 1. The maximum Gasteiger partial charge on any atom is 0.124 e. The standard InChI is InChI=1S/C12H17N3O/c1-3-10(2)15-12(4-6-14-15)13-8-11-5-7-16-9-11/h4-7,9-10,13H,3,8H2,1-2H3. The van der Waals surface area contributed by atoms with Gasteiger partial charge in [-0.25, -0.2) is 4.68 Å². The lowest BCUT2D eigenvalue weighted by molar-refractivity contribution is 0.482. The number of nitrogens with zero attached hydrogens (tertiary/aromatic N) is 2. The SMILES string of the molecule is CCC(C)n1nccc1NCc1ccoc1. The van der Waals surface area contributed by atoms with Crippen LogP contribution in [0.4, 0.5) is 5.82 Å². The highest BCUT2D eigenvalue weighted by molar-refractivity contribution is 5.35. The zero-order valence-corrected chi connectivity index (χ0v) is 9.68. The molecule has 2 aromatic rings. The average molecular weight is 219 g/mol. The van der Waals surface area contributed by atoms with Gasteiger partial charge >= 0.3 is 0 Å².